The predicted octanol–water partition coefficient (Wildman–Crippen LogP) is 1.91. The highest BCUT2D eigenvalue weighted by Gasteiger charge is 2.23. The molecule has 0 radical (unpaired) electrons. The normalized spacial score (nSPS) is 10.8. The molecule has 6 nitrogen and oxygen atoms in total. The Bertz CT molecular complexity index is 661. The van der Waals surface area contributed by atoms with E-state index in [1.165, 1.54) is 7.11 Å². The molecule has 2 heterocycles. The van der Waals surface area contributed by atoms with Crippen molar-refractivity contribution in [3.8, 4) is 17.1 Å². The molecule has 2 rings (SSSR count). The van der Waals surface area contributed by atoms with Gasteiger partial charge in [-0.25, -0.2) is 0 Å². The van der Waals surface area contributed by atoms with E-state index in [0.29, 0.717) is 28.5 Å². The van der Waals surface area contributed by atoms with E-state index in [-0.39, 0.29) is 17.9 Å². The van der Waals surface area contributed by atoms with Crippen LogP contribution in [0.4, 0.5) is 0 Å². The molecule has 0 aliphatic rings. The summed E-state index contributed by atoms with van der Waals surface area (Å²) in [5, 5.41) is 10.4. The average Bonchev–Trinajstić information content (AvgIpc) is 2.75. The van der Waals surface area contributed by atoms with Crippen molar-refractivity contribution in [2.45, 2.75) is 20.5 Å². The highest BCUT2D eigenvalue weighted by atomic mass is 16.5. The summed E-state index contributed by atoms with van der Waals surface area (Å²) in [6.45, 7) is 3.60. The molecule has 0 aliphatic heterocycles. The second kappa shape index (κ2) is 5.34. The number of carbonyl (C=O) groups excluding carboxylic acids is 1. The van der Waals surface area contributed by atoms with Crippen molar-refractivity contribution in [2.24, 2.45) is 5.73 Å². The van der Waals surface area contributed by atoms with Gasteiger partial charge in [0.25, 0.3) is 5.91 Å². The lowest BCUT2D eigenvalue weighted by Crippen LogP contribution is -2.17. The number of pyridine rings is 1. The number of aromatic hydroxyl groups is 1. The molecule has 0 saturated heterocycles. The molecule has 2 aromatic rings. The largest absolute Gasteiger partial charge is 0.506 e. The van der Waals surface area contributed by atoms with Gasteiger partial charge in [0.05, 0.1) is 23.6 Å². The maximum atomic E-state index is 11.6. The number of hydrogen-bond acceptors (Lipinski definition) is 5. The van der Waals surface area contributed by atoms with Crippen LogP contribution in [0.5, 0.6) is 5.75 Å². The minimum absolute atomic E-state index is 0.0403. The molecule has 0 atom stereocenters. The molecule has 20 heavy (non-hydrogen) atoms. The third-order valence-corrected chi connectivity index (χ3v) is 2.94. The van der Waals surface area contributed by atoms with E-state index >= 15 is 0 Å². The summed E-state index contributed by atoms with van der Waals surface area (Å²) < 4.78 is 10.5. The molecule has 3 N–H and O–H groups in total. The van der Waals surface area contributed by atoms with Crippen molar-refractivity contribution in [1.82, 2.24) is 4.98 Å². The monoisotopic (exact) mass is 276 g/mol. The number of ether oxygens (including phenoxy) is 1. The minimum atomic E-state index is -0.758. The van der Waals surface area contributed by atoms with Crippen LogP contribution in [-0.4, -0.2) is 23.1 Å². The van der Waals surface area contributed by atoms with Crippen LogP contribution in [0.2, 0.25) is 0 Å². The summed E-state index contributed by atoms with van der Waals surface area (Å²) in [5.41, 5.74) is 6.49. The van der Waals surface area contributed by atoms with E-state index in [9.17, 15) is 9.90 Å². The number of hydrogen-bond donors (Lipinski definition) is 2. The van der Waals surface area contributed by atoms with Crippen molar-refractivity contribution >= 4 is 5.91 Å². The van der Waals surface area contributed by atoms with E-state index in [1.807, 2.05) is 0 Å². The maximum absolute atomic E-state index is 11.6. The highest BCUT2D eigenvalue weighted by Crippen LogP contribution is 2.36. The second-order valence-electron chi connectivity index (χ2n) is 4.45. The number of aromatic nitrogens is 1. The minimum Gasteiger partial charge on any atom is -0.506 e. The summed E-state index contributed by atoms with van der Waals surface area (Å²) in [6.07, 6.45) is 0. The fourth-order valence-electron chi connectivity index (χ4n) is 2.11. The smallest absolute Gasteiger partial charge is 0.254 e. The molecule has 1 amide bonds. The third kappa shape index (κ3) is 2.37. The fourth-order valence-corrected chi connectivity index (χ4v) is 2.11. The van der Waals surface area contributed by atoms with Gasteiger partial charge in [-0.05, 0) is 26.0 Å². The van der Waals surface area contributed by atoms with Crippen LogP contribution < -0.4 is 5.73 Å². The van der Waals surface area contributed by atoms with Gasteiger partial charge in [0.15, 0.2) is 0 Å². The molecule has 0 spiro atoms. The lowest BCUT2D eigenvalue weighted by molar-refractivity contribution is 0.0991. The summed E-state index contributed by atoms with van der Waals surface area (Å²) in [4.78, 5) is 15.8. The van der Waals surface area contributed by atoms with Crippen LogP contribution in [-0.2, 0) is 11.3 Å². The Morgan fingerprint density at radius 3 is 2.65 bits per heavy atom. The first kappa shape index (κ1) is 14.1. The van der Waals surface area contributed by atoms with Gasteiger partial charge in [-0.1, -0.05) is 0 Å². The van der Waals surface area contributed by atoms with Crippen LogP contribution in [0.15, 0.2) is 16.5 Å². The Balaban J connectivity index is 2.70. The summed E-state index contributed by atoms with van der Waals surface area (Å²) in [7, 11) is 1.47. The van der Waals surface area contributed by atoms with Crippen LogP contribution in [0.3, 0.4) is 0 Å². The predicted molar refractivity (Wildman–Crippen MR) is 72.3 cm³/mol. The van der Waals surface area contributed by atoms with E-state index in [1.54, 1.807) is 26.0 Å². The topological polar surface area (TPSA) is 98.6 Å². The number of nitrogens with two attached hydrogens (primary N) is 1. The van der Waals surface area contributed by atoms with Gasteiger partial charge in [0.1, 0.15) is 22.8 Å². The molecule has 0 bridgehead atoms. The first-order chi connectivity index (χ1) is 9.45. The van der Waals surface area contributed by atoms with Crippen molar-refractivity contribution in [1.29, 1.82) is 0 Å². The van der Waals surface area contributed by atoms with Gasteiger partial charge in [0, 0.05) is 7.11 Å². The van der Waals surface area contributed by atoms with Gasteiger partial charge in [-0.3, -0.25) is 9.78 Å². The number of rotatable bonds is 4. The Kier molecular flexibility index (Phi) is 3.76. The Morgan fingerprint density at radius 2 is 2.15 bits per heavy atom. The lowest BCUT2D eigenvalue weighted by Gasteiger charge is -2.13. The molecule has 106 valence electrons. The van der Waals surface area contributed by atoms with Crippen molar-refractivity contribution in [3.05, 3.63) is 34.8 Å². The molecule has 0 aliphatic carbocycles. The first-order valence-corrected chi connectivity index (χ1v) is 6.03. The quantitative estimate of drug-likeness (QED) is 0.888. The van der Waals surface area contributed by atoms with Crippen molar-refractivity contribution < 1.29 is 19.1 Å². The molecule has 0 unspecified atom stereocenters. The van der Waals surface area contributed by atoms with Gasteiger partial charge in [-0.2, -0.15) is 0 Å². The van der Waals surface area contributed by atoms with Crippen molar-refractivity contribution in [2.75, 3.05) is 7.11 Å². The second-order valence-corrected chi connectivity index (χ2v) is 4.45. The number of methoxy groups -OCH3 is 1. The molecular weight excluding hydrogens is 260 g/mol. The zero-order valence-corrected chi connectivity index (χ0v) is 11.6. The van der Waals surface area contributed by atoms with Crippen LogP contribution in [0.1, 0.15) is 27.5 Å². The molecule has 0 aromatic carbocycles. The first-order valence-electron chi connectivity index (χ1n) is 6.03. The van der Waals surface area contributed by atoms with E-state index in [4.69, 9.17) is 14.9 Å². The molecule has 6 heteroatoms. The number of aryl methyl sites for hydroxylation is 2. The number of furan rings is 1. The third-order valence-electron chi connectivity index (χ3n) is 2.94. The van der Waals surface area contributed by atoms with E-state index < -0.39 is 5.91 Å². The van der Waals surface area contributed by atoms with Crippen LogP contribution in [0, 0.1) is 13.8 Å². The highest BCUT2D eigenvalue weighted by molar-refractivity contribution is 5.99. The number of primary amides is 1. The van der Waals surface area contributed by atoms with Gasteiger partial charge < -0.3 is 20.0 Å². The average molecular weight is 276 g/mol. The standard InChI is InChI=1S/C14H16N2O4/c1-7-4-5-10(20-7)11-8(2)16-9(6-19-3)12(13(11)17)14(15)18/h4-5H,6H2,1-3H3,(H2,15,18)(H,16,17). The fraction of sp³-hybridized carbons (Fsp3) is 0.286. The summed E-state index contributed by atoms with van der Waals surface area (Å²) in [5.74, 6) is 0.148. The van der Waals surface area contributed by atoms with E-state index in [2.05, 4.69) is 4.98 Å². The molecular formula is C14H16N2O4. The zero-order valence-electron chi connectivity index (χ0n) is 11.6. The number of carbonyl (C=O) groups is 1. The Hall–Kier alpha value is -2.34. The van der Waals surface area contributed by atoms with Crippen LogP contribution in [0.25, 0.3) is 11.3 Å². The van der Waals surface area contributed by atoms with Gasteiger partial charge in [-0.15, -0.1) is 0 Å². The Labute approximate surface area is 116 Å². The Morgan fingerprint density at radius 1 is 1.45 bits per heavy atom. The van der Waals surface area contributed by atoms with Crippen molar-refractivity contribution in [3.63, 3.8) is 0 Å². The SMILES string of the molecule is COCc1nc(C)c(-c2ccc(C)o2)c(O)c1C(N)=O. The lowest BCUT2D eigenvalue weighted by atomic mass is 10.0. The van der Waals surface area contributed by atoms with Gasteiger partial charge >= 0.3 is 0 Å². The van der Waals surface area contributed by atoms with Crippen LogP contribution >= 0.6 is 0 Å². The summed E-state index contributed by atoms with van der Waals surface area (Å²) >= 11 is 0. The molecule has 0 saturated carbocycles. The van der Waals surface area contributed by atoms with Gasteiger partial charge in [0.2, 0.25) is 0 Å². The maximum Gasteiger partial charge on any atom is 0.254 e. The molecule has 0 fully saturated rings. The molecule has 2 aromatic heterocycles. The zero-order chi connectivity index (χ0) is 14.9. The number of amides is 1. The summed E-state index contributed by atoms with van der Waals surface area (Å²) in [6, 6.07) is 3.47. The van der Waals surface area contributed by atoms with E-state index in [0.717, 1.165) is 0 Å². The number of nitrogens with zero attached hydrogens (tertiary/aromatic N) is 1.